The Labute approximate surface area is 183 Å². The normalized spacial score (nSPS) is 15.5. The van der Waals surface area contributed by atoms with Gasteiger partial charge in [0.1, 0.15) is 12.8 Å². The summed E-state index contributed by atoms with van der Waals surface area (Å²) in [6.45, 7) is 0.102. The van der Waals surface area contributed by atoms with Crippen molar-refractivity contribution in [2.75, 3.05) is 24.0 Å². The Balaban J connectivity index is 1.41. The molecule has 1 saturated heterocycles. The smallest absolute Gasteiger partial charge is 0.324 e. The summed E-state index contributed by atoms with van der Waals surface area (Å²) in [5, 5.41) is 6.07. The zero-order valence-electron chi connectivity index (χ0n) is 16.3. The van der Waals surface area contributed by atoms with Crippen LogP contribution >= 0.6 is 11.6 Å². The molecule has 0 spiro atoms. The molecule has 1 aliphatic heterocycles. The Hall–Kier alpha value is -3.62. The second-order valence-electron chi connectivity index (χ2n) is 6.87. The lowest BCUT2D eigenvalue weighted by Crippen LogP contribution is -2.46. The van der Waals surface area contributed by atoms with Crippen molar-refractivity contribution in [3.05, 3.63) is 88.3 Å². The number of hydrogen-bond acceptors (Lipinski definition) is 4. The quantitative estimate of drug-likeness (QED) is 0.653. The number of rotatable bonds is 4. The SMILES string of the molecule is O=C(Nc1ccc(-n2ccccc2=O)cc1)C1COCN1C(=O)Nc1ccc(Cl)cc1. The van der Waals surface area contributed by atoms with Crippen LogP contribution in [0.1, 0.15) is 0 Å². The third-order valence-corrected chi connectivity index (χ3v) is 5.03. The highest BCUT2D eigenvalue weighted by Crippen LogP contribution is 2.18. The van der Waals surface area contributed by atoms with Gasteiger partial charge in [-0.2, -0.15) is 0 Å². The molecular weight excluding hydrogens is 420 g/mol. The minimum Gasteiger partial charge on any atom is -0.358 e. The zero-order chi connectivity index (χ0) is 21.8. The largest absolute Gasteiger partial charge is 0.358 e. The maximum absolute atomic E-state index is 12.8. The number of aromatic nitrogens is 1. The lowest BCUT2D eigenvalue weighted by atomic mass is 10.2. The van der Waals surface area contributed by atoms with E-state index in [4.69, 9.17) is 16.3 Å². The van der Waals surface area contributed by atoms with Crippen LogP contribution < -0.4 is 16.2 Å². The van der Waals surface area contributed by atoms with Gasteiger partial charge in [0.25, 0.3) is 5.56 Å². The Kier molecular flexibility index (Phi) is 6.01. The van der Waals surface area contributed by atoms with Gasteiger partial charge in [0.2, 0.25) is 5.91 Å². The Bertz CT molecular complexity index is 1150. The van der Waals surface area contributed by atoms with Crippen LogP contribution in [0.25, 0.3) is 5.69 Å². The second-order valence-corrected chi connectivity index (χ2v) is 7.30. The molecule has 3 amide bonds. The number of urea groups is 1. The maximum atomic E-state index is 12.8. The molecule has 2 heterocycles. The Morgan fingerprint density at radius 3 is 2.32 bits per heavy atom. The summed E-state index contributed by atoms with van der Waals surface area (Å²) in [7, 11) is 0. The van der Waals surface area contributed by atoms with Crippen LogP contribution in [0.4, 0.5) is 16.2 Å². The second kappa shape index (κ2) is 9.03. The lowest BCUT2D eigenvalue weighted by Gasteiger charge is -2.22. The molecule has 8 nitrogen and oxygen atoms in total. The van der Waals surface area contributed by atoms with E-state index in [2.05, 4.69) is 10.6 Å². The summed E-state index contributed by atoms with van der Waals surface area (Å²) in [6, 6.07) is 17.2. The summed E-state index contributed by atoms with van der Waals surface area (Å²) in [5.41, 5.74) is 1.64. The van der Waals surface area contributed by atoms with E-state index in [-0.39, 0.29) is 24.8 Å². The van der Waals surface area contributed by atoms with Crippen LogP contribution in [0.2, 0.25) is 5.02 Å². The van der Waals surface area contributed by atoms with Gasteiger partial charge in [-0.05, 0) is 54.6 Å². The van der Waals surface area contributed by atoms with Crippen molar-refractivity contribution in [3.8, 4) is 5.69 Å². The van der Waals surface area contributed by atoms with Gasteiger partial charge in [0, 0.05) is 34.3 Å². The summed E-state index contributed by atoms with van der Waals surface area (Å²) >= 11 is 5.86. The first-order chi connectivity index (χ1) is 15.0. The number of anilines is 2. The molecular formula is C22H19ClN4O4. The molecule has 1 atom stereocenters. The number of carbonyl (C=O) groups excluding carboxylic acids is 2. The number of halogens is 1. The highest BCUT2D eigenvalue weighted by atomic mass is 35.5. The van der Waals surface area contributed by atoms with Crippen molar-refractivity contribution in [2.45, 2.75) is 6.04 Å². The van der Waals surface area contributed by atoms with E-state index < -0.39 is 12.1 Å². The molecule has 9 heteroatoms. The summed E-state index contributed by atoms with van der Waals surface area (Å²) in [6.07, 6.45) is 1.67. The lowest BCUT2D eigenvalue weighted by molar-refractivity contribution is -0.119. The molecule has 2 N–H and O–H groups in total. The fourth-order valence-corrected chi connectivity index (χ4v) is 3.29. The van der Waals surface area contributed by atoms with Crippen LogP contribution in [0.5, 0.6) is 0 Å². The van der Waals surface area contributed by atoms with Gasteiger partial charge in [0.15, 0.2) is 0 Å². The van der Waals surface area contributed by atoms with E-state index >= 15 is 0 Å². The van der Waals surface area contributed by atoms with Gasteiger partial charge in [-0.15, -0.1) is 0 Å². The van der Waals surface area contributed by atoms with E-state index in [1.807, 2.05) is 0 Å². The molecule has 2 aromatic carbocycles. The van der Waals surface area contributed by atoms with Gasteiger partial charge >= 0.3 is 6.03 Å². The van der Waals surface area contributed by atoms with Crippen molar-refractivity contribution >= 4 is 34.9 Å². The molecule has 1 fully saturated rings. The predicted molar refractivity (Wildman–Crippen MR) is 118 cm³/mol. The summed E-state index contributed by atoms with van der Waals surface area (Å²) in [4.78, 5) is 38.6. The standard InChI is InChI=1S/C22H19ClN4O4/c23-15-4-6-17(7-5-15)25-22(30)27-14-31-13-19(27)21(29)24-16-8-10-18(11-9-16)26-12-2-1-3-20(26)28/h1-12,19H,13-14H2,(H,24,29)(H,25,30). The van der Waals surface area contributed by atoms with Gasteiger partial charge in [-0.1, -0.05) is 17.7 Å². The third kappa shape index (κ3) is 4.76. The number of nitrogens with one attached hydrogen (secondary N) is 2. The average molecular weight is 439 g/mol. The van der Waals surface area contributed by atoms with Gasteiger partial charge in [-0.3, -0.25) is 19.1 Å². The van der Waals surface area contributed by atoms with Crippen LogP contribution in [-0.2, 0) is 9.53 Å². The topological polar surface area (TPSA) is 92.7 Å². The fraction of sp³-hybridized carbons (Fsp3) is 0.136. The molecule has 4 rings (SSSR count). The number of hydrogen-bond donors (Lipinski definition) is 2. The third-order valence-electron chi connectivity index (χ3n) is 4.78. The van der Waals surface area contributed by atoms with Crippen molar-refractivity contribution in [1.29, 1.82) is 0 Å². The average Bonchev–Trinajstić information content (AvgIpc) is 3.27. The summed E-state index contributed by atoms with van der Waals surface area (Å²) < 4.78 is 6.84. The first kappa shape index (κ1) is 20.6. The zero-order valence-corrected chi connectivity index (χ0v) is 17.1. The molecule has 0 bridgehead atoms. The number of benzene rings is 2. The van der Waals surface area contributed by atoms with Crippen molar-refractivity contribution in [3.63, 3.8) is 0 Å². The van der Waals surface area contributed by atoms with Crippen molar-refractivity contribution in [2.24, 2.45) is 0 Å². The molecule has 0 radical (unpaired) electrons. The molecule has 1 aromatic heterocycles. The number of amides is 3. The van der Waals surface area contributed by atoms with Crippen LogP contribution in [0.3, 0.4) is 0 Å². The first-order valence-electron chi connectivity index (χ1n) is 9.51. The molecule has 3 aromatic rings. The van der Waals surface area contributed by atoms with E-state index in [0.29, 0.717) is 22.1 Å². The molecule has 0 aliphatic carbocycles. The maximum Gasteiger partial charge on any atom is 0.324 e. The predicted octanol–water partition coefficient (Wildman–Crippen LogP) is 3.32. The molecule has 0 saturated carbocycles. The van der Waals surface area contributed by atoms with E-state index in [1.165, 1.54) is 15.5 Å². The molecule has 1 aliphatic rings. The van der Waals surface area contributed by atoms with E-state index in [1.54, 1.807) is 66.9 Å². The Morgan fingerprint density at radius 1 is 0.935 bits per heavy atom. The first-order valence-corrected chi connectivity index (χ1v) is 9.89. The van der Waals surface area contributed by atoms with Crippen LogP contribution in [0.15, 0.2) is 77.7 Å². The fourth-order valence-electron chi connectivity index (χ4n) is 3.16. The Morgan fingerprint density at radius 2 is 1.61 bits per heavy atom. The summed E-state index contributed by atoms with van der Waals surface area (Å²) in [5.74, 6) is -0.367. The molecule has 158 valence electrons. The highest BCUT2D eigenvalue weighted by molar-refractivity contribution is 6.30. The van der Waals surface area contributed by atoms with Gasteiger partial charge < -0.3 is 15.4 Å². The van der Waals surface area contributed by atoms with Crippen molar-refractivity contribution < 1.29 is 14.3 Å². The minimum absolute atomic E-state index is 0.00731. The van der Waals surface area contributed by atoms with Gasteiger partial charge in [0.05, 0.1) is 6.61 Å². The van der Waals surface area contributed by atoms with Gasteiger partial charge in [-0.25, -0.2) is 4.79 Å². The number of nitrogens with zero attached hydrogens (tertiary/aromatic N) is 2. The minimum atomic E-state index is -0.774. The monoisotopic (exact) mass is 438 g/mol. The highest BCUT2D eigenvalue weighted by Gasteiger charge is 2.35. The molecule has 31 heavy (non-hydrogen) atoms. The van der Waals surface area contributed by atoms with E-state index in [9.17, 15) is 14.4 Å². The number of ether oxygens (including phenoxy) is 1. The van der Waals surface area contributed by atoms with Crippen LogP contribution in [-0.4, -0.2) is 40.8 Å². The molecule has 1 unspecified atom stereocenters. The van der Waals surface area contributed by atoms with Crippen LogP contribution in [0, 0.1) is 0 Å². The van der Waals surface area contributed by atoms with Crippen molar-refractivity contribution in [1.82, 2.24) is 9.47 Å². The number of pyridine rings is 1. The number of carbonyl (C=O) groups is 2. The van der Waals surface area contributed by atoms with E-state index in [0.717, 1.165) is 0 Å².